The minimum absolute atomic E-state index is 0.115. The molecule has 0 aromatic heterocycles. The first-order chi connectivity index (χ1) is 13.8. The lowest BCUT2D eigenvalue weighted by molar-refractivity contribution is -0.122. The Balaban J connectivity index is 1.77. The zero-order valence-corrected chi connectivity index (χ0v) is 17.6. The van der Waals surface area contributed by atoms with Crippen LogP contribution < -0.4 is 24.6 Å². The number of carbonyl (C=O) groups is 2. The third kappa shape index (κ3) is 4.40. The number of hydrogen-bond donors (Lipinski definition) is 1. The quantitative estimate of drug-likeness (QED) is 0.779. The lowest BCUT2D eigenvalue weighted by Crippen LogP contribution is -2.28. The Hall–Kier alpha value is -2.93. The number of rotatable bonds is 6. The van der Waals surface area contributed by atoms with Crippen molar-refractivity contribution in [3.05, 3.63) is 41.4 Å². The minimum atomic E-state index is -0.468. The number of anilines is 3. The minimum Gasteiger partial charge on any atom is -0.493 e. The maximum Gasteiger partial charge on any atom is 0.229 e. The predicted molar refractivity (Wildman–Crippen MR) is 114 cm³/mol. The van der Waals surface area contributed by atoms with Gasteiger partial charge in [-0.15, -0.1) is 0 Å². The Morgan fingerprint density at radius 2 is 1.86 bits per heavy atom. The van der Waals surface area contributed by atoms with Gasteiger partial charge in [0.15, 0.2) is 11.5 Å². The topological polar surface area (TPSA) is 71.1 Å². The van der Waals surface area contributed by atoms with Crippen LogP contribution in [-0.4, -0.2) is 46.7 Å². The number of nitrogens with one attached hydrogen (secondary N) is 1. The number of benzene rings is 2. The van der Waals surface area contributed by atoms with Crippen LogP contribution in [0.5, 0.6) is 11.5 Å². The summed E-state index contributed by atoms with van der Waals surface area (Å²) in [5.41, 5.74) is 2.12. The molecule has 1 saturated heterocycles. The molecular formula is C21H24ClN3O4. The Kier molecular flexibility index (Phi) is 6.17. The summed E-state index contributed by atoms with van der Waals surface area (Å²) in [5.74, 6) is 0.308. The van der Waals surface area contributed by atoms with Crippen LogP contribution in [0.25, 0.3) is 0 Å². The molecule has 2 aromatic rings. The summed E-state index contributed by atoms with van der Waals surface area (Å²) >= 11 is 6.09. The molecular weight excluding hydrogens is 394 g/mol. The molecule has 1 aliphatic rings. The molecule has 1 atom stereocenters. The van der Waals surface area contributed by atoms with Crippen LogP contribution in [0.2, 0.25) is 5.02 Å². The summed E-state index contributed by atoms with van der Waals surface area (Å²) < 4.78 is 10.6. The van der Waals surface area contributed by atoms with Crippen molar-refractivity contribution in [1.29, 1.82) is 0 Å². The van der Waals surface area contributed by atoms with E-state index >= 15 is 0 Å². The van der Waals surface area contributed by atoms with Crippen LogP contribution in [0.15, 0.2) is 36.4 Å². The molecule has 0 bridgehead atoms. The van der Waals surface area contributed by atoms with Gasteiger partial charge in [-0.3, -0.25) is 9.59 Å². The average molecular weight is 418 g/mol. The van der Waals surface area contributed by atoms with Crippen molar-refractivity contribution in [2.75, 3.05) is 50.0 Å². The second-order valence-corrected chi connectivity index (χ2v) is 7.43. The molecule has 29 heavy (non-hydrogen) atoms. The van der Waals surface area contributed by atoms with E-state index in [1.807, 2.05) is 25.1 Å². The van der Waals surface area contributed by atoms with E-state index in [0.29, 0.717) is 27.9 Å². The Morgan fingerprint density at radius 3 is 2.52 bits per heavy atom. The molecule has 1 unspecified atom stereocenters. The van der Waals surface area contributed by atoms with E-state index < -0.39 is 5.92 Å². The van der Waals surface area contributed by atoms with Crippen LogP contribution in [0.4, 0.5) is 17.1 Å². The molecule has 3 rings (SSSR count). The summed E-state index contributed by atoms with van der Waals surface area (Å²) in [6, 6.07) is 10.6. The fourth-order valence-corrected chi connectivity index (χ4v) is 3.53. The van der Waals surface area contributed by atoms with Crippen molar-refractivity contribution in [2.45, 2.75) is 6.42 Å². The highest BCUT2D eigenvalue weighted by atomic mass is 35.5. The molecule has 8 heteroatoms. The zero-order chi connectivity index (χ0) is 21.1. The van der Waals surface area contributed by atoms with Crippen molar-refractivity contribution in [3.8, 4) is 11.5 Å². The lowest BCUT2D eigenvalue weighted by Gasteiger charge is -2.20. The van der Waals surface area contributed by atoms with Crippen LogP contribution in [-0.2, 0) is 9.59 Å². The molecule has 0 saturated carbocycles. The molecule has 0 spiro atoms. The standard InChI is InChI=1S/C21H24ClN3O4/c1-24(2)17-7-5-14(22)10-16(17)23-21(27)13-9-20(26)25(12-13)15-6-8-18(28-3)19(11-15)29-4/h5-8,10-11,13H,9,12H2,1-4H3,(H,23,27). The number of ether oxygens (including phenoxy) is 2. The highest BCUT2D eigenvalue weighted by Crippen LogP contribution is 2.35. The average Bonchev–Trinajstić information content (AvgIpc) is 3.09. The van der Waals surface area contributed by atoms with Crippen molar-refractivity contribution in [1.82, 2.24) is 0 Å². The number of carbonyl (C=O) groups excluding carboxylic acids is 2. The van der Waals surface area contributed by atoms with Gasteiger partial charge in [0.25, 0.3) is 0 Å². The van der Waals surface area contributed by atoms with E-state index in [-0.39, 0.29) is 24.8 Å². The first-order valence-corrected chi connectivity index (χ1v) is 9.52. The van der Waals surface area contributed by atoms with Gasteiger partial charge < -0.3 is 24.6 Å². The monoisotopic (exact) mass is 417 g/mol. The molecule has 0 radical (unpaired) electrons. The summed E-state index contributed by atoms with van der Waals surface area (Å²) in [4.78, 5) is 28.9. The molecule has 0 aliphatic carbocycles. The van der Waals surface area contributed by atoms with E-state index in [0.717, 1.165) is 5.69 Å². The van der Waals surface area contributed by atoms with Gasteiger partial charge in [-0.25, -0.2) is 0 Å². The molecule has 1 fully saturated rings. The maximum absolute atomic E-state index is 12.9. The third-order valence-electron chi connectivity index (χ3n) is 4.87. The van der Waals surface area contributed by atoms with Gasteiger partial charge in [-0.2, -0.15) is 0 Å². The van der Waals surface area contributed by atoms with Crippen molar-refractivity contribution < 1.29 is 19.1 Å². The van der Waals surface area contributed by atoms with Gasteiger partial charge in [0.1, 0.15) is 0 Å². The van der Waals surface area contributed by atoms with E-state index in [9.17, 15) is 9.59 Å². The highest BCUT2D eigenvalue weighted by molar-refractivity contribution is 6.31. The van der Waals surface area contributed by atoms with Crippen LogP contribution in [0.1, 0.15) is 6.42 Å². The van der Waals surface area contributed by atoms with Gasteiger partial charge >= 0.3 is 0 Å². The summed E-state index contributed by atoms with van der Waals surface area (Å²) in [6.07, 6.45) is 0.137. The first-order valence-electron chi connectivity index (χ1n) is 9.14. The van der Waals surface area contributed by atoms with Gasteiger partial charge in [0, 0.05) is 43.8 Å². The van der Waals surface area contributed by atoms with Crippen molar-refractivity contribution in [2.24, 2.45) is 5.92 Å². The zero-order valence-electron chi connectivity index (χ0n) is 16.9. The van der Waals surface area contributed by atoms with Crippen LogP contribution >= 0.6 is 11.6 Å². The van der Waals surface area contributed by atoms with Gasteiger partial charge in [-0.05, 0) is 30.3 Å². The molecule has 7 nitrogen and oxygen atoms in total. The lowest BCUT2D eigenvalue weighted by atomic mass is 10.1. The summed E-state index contributed by atoms with van der Waals surface area (Å²) in [5, 5.41) is 3.45. The molecule has 2 amide bonds. The molecule has 154 valence electrons. The Labute approximate surface area is 175 Å². The van der Waals surface area contributed by atoms with Gasteiger partial charge in [0.05, 0.1) is 31.5 Å². The second-order valence-electron chi connectivity index (χ2n) is 6.99. The summed E-state index contributed by atoms with van der Waals surface area (Å²) in [6.45, 7) is 0.290. The molecule has 1 N–H and O–H groups in total. The largest absolute Gasteiger partial charge is 0.493 e. The van der Waals surface area contributed by atoms with E-state index in [1.165, 1.54) is 7.11 Å². The molecule has 2 aromatic carbocycles. The van der Waals surface area contributed by atoms with E-state index in [4.69, 9.17) is 21.1 Å². The number of halogens is 1. The normalized spacial score (nSPS) is 16.0. The highest BCUT2D eigenvalue weighted by Gasteiger charge is 2.35. The van der Waals surface area contributed by atoms with Crippen LogP contribution in [0.3, 0.4) is 0 Å². The van der Waals surface area contributed by atoms with Crippen molar-refractivity contribution in [3.63, 3.8) is 0 Å². The predicted octanol–water partition coefficient (Wildman–Crippen LogP) is 3.41. The Morgan fingerprint density at radius 1 is 1.14 bits per heavy atom. The number of nitrogens with zero attached hydrogens (tertiary/aromatic N) is 2. The number of amides is 2. The summed E-state index contributed by atoms with van der Waals surface area (Å²) in [7, 11) is 6.86. The first kappa shape index (κ1) is 20.8. The second kappa shape index (κ2) is 8.61. The van der Waals surface area contributed by atoms with Gasteiger partial charge in [-0.1, -0.05) is 11.6 Å². The molecule has 1 heterocycles. The Bertz CT molecular complexity index is 932. The molecule has 1 aliphatic heterocycles. The fraction of sp³-hybridized carbons (Fsp3) is 0.333. The number of hydrogen-bond acceptors (Lipinski definition) is 5. The van der Waals surface area contributed by atoms with Crippen molar-refractivity contribution >= 4 is 40.5 Å². The number of methoxy groups -OCH3 is 2. The SMILES string of the molecule is COc1ccc(N2CC(C(=O)Nc3cc(Cl)ccc3N(C)C)CC2=O)cc1OC. The van der Waals surface area contributed by atoms with Gasteiger partial charge in [0.2, 0.25) is 11.8 Å². The fourth-order valence-electron chi connectivity index (χ4n) is 3.36. The van der Waals surface area contributed by atoms with E-state index in [2.05, 4.69) is 5.32 Å². The van der Waals surface area contributed by atoms with E-state index in [1.54, 1.807) is 42.3 Å². The third-order valence-corrected chi connectivity index (χ3v) is 5.11. The maximum atomic E-state index is 12.9. The smallest absolute Gasteiger partial charge is 0.229 e. The van der Waals surface area contributed by atoms with Crippen LogP contribution in [0, 0.1) is 5.92 Å².